The SMILES string of the molecule is CC1CC(C)(C)N1C(=O)C1COC1. The highest BCUT2D eigenvalue weighted by molar-refractivity contribution is 5.81. The summed E-state index contributed by atoms with van der Waals surface area (Å²) < 4.78 is 5.03. The molecule has 0 aliphatic carbocycles. The molecule has 1 atom stereocenters. The lowest BCUT2D eigenvalue weighted by molar-refractivity contribution is -0.170. The van der Waals surface area contributed by atoms with Crippen LogP contribution in [0.1, 0.15) is 27.2 Å². The highest BCUT2D eigenvalue weighted by Crippen LogP contribution is 2.37. The summed E-state index contributed by atoms with van der Waals surface area (Å²) in [6, 6.07) is 0.420. The molecule has 1 unspecified atom stereocenters. The van der Waals surface area contributed by atoms with Crippen molar-refractivity contribution < 1.29 is 9.53 Å². The molecule has 0 aromatic carbocycles. The second-order valence-electron chi connectivity index (χ2n) is 4.81. The molecular formula is C10H17NO2. The van der Waals surface area contributed by atoms with E-state index in [2.05, 4.69) is 20.8 Å². The van der Waals surface area contributed by atoms with Gasteiger partial charge in [-0.2, -0.15) is 0 Å². The van der Waals surface area contributed by atoms with Crippen molar-refractivity contribution in [3.8, 4) is 0 Å². The molecule has 2 aliphatic rings. The molecule has 2 heterocycles. The van der Waals surface area contributed by atoms with E-state index < -0.39 is 0 Å². The van der Waals surface area contributed by atoms with Crippen LogP contribution in [-0.2, 0) is 9.53 Å². The number of ether oxygens (including phenoxy) is 1. The molecule has 0 N–H and O–H groups in total. The van der Waals surface area contributed by atoms with Gasteiger partial charge < -0.3 is 9.64 Å². The van der Waals surface area contributed by atoms with Crippen molar-refractivity contribution in [2.24, 2.45) is 5.92 Å². The zero-order chi connectivity index (χ0) is 9.64. The van der Waals surface area contributed by atoms with Crippen LogP contribution in [0.15, 0.2) is 0 Å². The van der Waals surface area contributed by atoms with Crippen LogP contribution in [0.4, 0.5) is 0 Å². The standard InChI is InChI=1S/C10H17NO2/c1-7-4-10(2,3)11(7)9(12)8-5-13-6-8/h7-8H,4-6H2,1-3H3. The highest BCUT2D eigenvalue weighted by atomic mass is 16.5. The van der Waals surface area contributed by atoms with Gasteiger partial charge in [0.05, 0.1) is 19.1 Å². The Hall–Kier alpha value is -0.570. The third kappa shape index (κ3) is 1.26. The average molecular weight is 183 g/mol. The maximum atomic E-state index is 11.9. The lowest BCUT2D eigenvalue weighted by atomic mass is 9.81. The Labute approximate surface area is 79.0 Å². The van der Waals surface area contributed by atoms with E-state index in [0.29, 0.717) is 19.3 Å². The van der Waals surface area contributed by atoms with Gasteiger partial charge in [0, 0.05) is 11.6 Å². The zero-order valence-electron chi connectivity index (χ0n) is 8.54. The van der Waals surface area contributed by atoms with Crippen LogP contribution in [0, 0.1) is 5.92 Å². The Bertz CT molecular complexity index is 233. The second kappa shape index (κ2) is 2.71. The van der Waals surface area contributed by atoms with Crippen LogP contribution in [0.5, 0.6) is 0 Å². The summed E-state index contributed by atoms with van der Waals surface area (Å²) in [7, 11) is 0. The molecule has 3 nitrogen and oxygen atoms in total. The lowest BCUT2D eigenvalue weighted by Crippen LogP contribution is -2.66. The molecule has 0 radical (unpaired) electrons. The molecule has 0 spiro atoms. The third-order valence-electron chi connectivity index (χ3n) is 3.11. The van der Waals surface area contributed by atoms with Gasteiger partial charge in [-0.3, -0.25) is 4.79 Å². The summed E-state index contributed by atoms with van der Waals surface area (Å²) in [5.41, 5.74) is 0.0755. The fourth-order valence-electron chi connectivity index (χ4n) is 2.49. The Balaban J connectivity index is 2.02. The zero-order valence-corrected chi connectivity index (χ0v) is 8.54. The smallest absolute Gasteiger partial charge is 0.231 e. The topological polar surface area (TPSA) is 29.5 Å². The monoisotopic (exact) mass is 183 g/mol. The minimum absolute atomic E-state index is 0.0755. The first-order valence-corrected chi connectivity index (χ1v) is 4.93. The quantitative estimate of drug-likeness (QED) is 0.607. The van der Waals surface area contributed by atoms with Gasteiger partial charge in [-0.15, -0.1) is 0 Å². The predicted octanol–water partition coefficient (Wildman–Crippen LogP) is 1.03. The van der Waals surface area contributed by atoms with Gasteiger partial charge in [-0.1, -0.05) is 0 Å². The Morgan fingerprint density at radius 1 is 1.46 bits per heavy atom. The van der Waals surface area contributed by atoms with Crippen molar-refractivity contribution in [3.63, 3.8) is 0 Å². The second-order valence-corrected chi connectivity index (χ2v) is 4.81. The van der Waals surface area contributed by atoms with Crippen molar-refractivity contribution in [3.05, 3.63) is 0 Å². The average Bonchev–Trinajstić information content (AvgIpc) is 1.78. The first kappa shape index (κ1) is 9.00. The molecule has 2 fully saturated rings. The molecule has 2 saturated heterocycles. The van der Waals surface area contributed by atoms with Crippen LogP contribution >= 0.6 is 0 Å². The predicted molar refractivity (Wildman–Crippen MR) is 49.3 cm³/mol. The van der Waals surface area contributed by atoms with Crippen molar-refractivity contribution >= 4 is 5.91 Å². The normalized spacial score (nSPS) is 32.2. The van der Waals surface area contributed by atoms with E-state index in [0.717, 1.165) is 6.42 Å². The molecule has 2 aliphatic heterocycles. The summed E-state index contributed by atoms with van der Waals surface area (Å²) in [6.07, 6.45) is 1.12. The number of amides is 1. The highest BCUT2D eigenvalue weighted by Gasteiger charge is 2.48. The van der Waals surface area contributed by atoms with E-state index in [1.54, 1.807) is 0 Å². The van der Waals surface area contributed by atoms with E-state index in [4.69, 9.17) is 4.74 Å². The molecule has 3 heteroatoms. The van der Waals surface area contributed by atoms with Crippen LogP contribution in [0.3, 0.4) is 0 Å². The van der Waals surface area contributed by atoms with E-state index in [-0.39, 0.29) is 17.4 Å². The first-order chi connectivity index (χ1) is 6.02. The van der Waals surface area contributed by atoms with Gasteiger partial charge in [-0.25, -0.2) is 0 Å². The fourth-order valence-corrected chi connectivity index (χ4v) is 2.49. The van der Waals surface area contributed by atoms with E-state index in [1.807, 2.05) is 4.90 Å². The molecule has 74 valence electrons. The Kier molecular flexibility index (Phi) is 1.88. The van der Waals surface area contributed by atoms with Crippen LogP contribution < -0.4 is 0 Å². The van der Waals surface area contributed by atoms with Crippen LogP contribution in [-0.4, -0.2) is 35.6 Å². The fraction of sp³-hybridized carbons (Fsp3) is 0.900. The van der Waals surface area contributed by atoms with Crippen molar-refractivity contribution in [1.29, 1.82) is 0 Å². The van der Waals surface area contributed by atoms with E-state index in [9.17, 15) is 4.79 Å². The van der Waals surface area contributed by atoms with Gasteiger partial charge in [-0.05, 0) is 27.2 Å². The van der Waals surface area contributed by atoms with E-state index >= 15 is 0 Å². The maximum absolute atomic E-state index is 11.9. The Morgan fingerprint density at radius 3 is 2.38 bits per heavy atom. The minimum atomic E-state index is 0.0755. The summed E-state index contributed by atoms with van der Waals surface area (Å²) in [5.74, 6) is 0.428. The first-order valence-electron chi connectivity index (χ1n) is 4.93. The molecule has 0 aromatic rings. The molecule has 0 saturated carbocycles. The van der Waals surface area contributed by atoms with E-state index in [1.165, 1.54) is 0 Å². The van der Waals surface area contributed by atoms with Gasteiger partial charge in [0.2, 0.25) is 5.91 Å². The van der Waals surface area contributed by atoms with Crippen LogP contribution in [0.2, 0.25) is 0 Å². The largest absolute Gasteiger partial charge is 0.380 e. The van der Waals surface area contributed by atoms with Gasteiger partial charge >= 0.3 is 0 Å². The van der Waals surface area contributed by atoms with Crippen LogP contribution in [0.25, 0.3) is 0 Å². The Morgan fingerprint density at radius 2 is 2.08 bits per heavy atom. The van der Waals surface area contributed by atoms with Crippen molar-refractivity contribution in [2.75, 3.05) is 13.2 Å². The summed E-state index contributed by atoms with van der Waals surface area (Å²) in [4.78, 5) is 13.9. The molecule has 0 aromatic heterocycles. The lowest BCUT2D eigenvalue weighted by Gasteiger charge is -2.55. The molecule has 1 amide bonds. The summed E-state index contributed by atoms with van der Waals surface area (Å²) >= 11 is 0. The van der Waals surface area contributed by atoms with Gasteiger partial charge in [0.25, 0.3) is 0 Å². The number of carbonyl (C=O) groups is 1. The van der Waals surface area contributed by atoms with Gasteiger partial charge in [0.15, 0.2) is 0 Å². The number of rotatable bonds is 1. The summed E-state index contributed by atoms with van der Waals surface area (Å²) in [5, 5.41) is 0. The van der Waals surface area contributed by atoms with Crippen molar-refractivity contribution in [2.45, 2.75) is 38.8 Å². The minimum Gasteiger partial charge on any atom is -0.380 e. The number of hydrogen-bond acceptors (Lipinski definition) is 2. The maximum Gasteiger partial charge on any atom is 0.231 e. The van der Waals surface area contributed by atoms with Crippen molar-refractivity contribution in [1.82, 2.24) is 4.90 Å². The number of carbonyl (C=O) groups excluding carboxylic acids is 1. The molecule has 0 bridgehead atoms. The molecule has 2 rings (SSSR count). The third-order valence-corrected chi connectivity index (χ3v) is 3.11. The number of hydrogen-bond donors (Lipinski definition) is 0. The summed E-state index contributed by atoms with van der Waals surface area (Å²) in [6.45, 7) is 7.62. The molecular weight excluding hydrogens is 166 g/mol. The number of nitrogens with zero attached hydrogens (tertiary/aromatic N) is 1. The number of likely N-dealkylation sites (tertiary alicyclic amines) is 1. The van der Waals surface area contributed by atoms with Gasteiger partial charge in [0.1, 0.15) is 0 Å². The molecule has 13 heavy (non-hydrogen) atoms.